The molecule has 2 aromatic carbocycles. The molecule has 0 radical (unpaired) electrons. The van der Waals surface area contributed by atoms with Crippen LogP contribution in [-0.4, -0.2) is 6.29 Å². The molecule has 2 heteroatoms. The van der Waals surface area contributed by atoms with Gasteiger partial charge in [0.05, 0.1) is 0 Å². The molecule has 0 aliphatic carbocycles. The summed E-state index contributed by atoms with van der Waals surface area (Å²) in [5.41, 5.74) is 2.39. The Morgan fingerprint density at radius 2 is 1.80 bits per heavy atom. The first-order valence-corrected chi connectivity index (χ1v) is 6.89. The van der Waals surface area contributed by atoms with Crippen LogP contribution >= 0.6 is 0 Å². The fourth-order valence-electron chi connectivity index (χ4n) is 2.62. The molecule has 2 nitrogen and oxygen atoms in total. The predicted molar refractivity (Wildman–Crippen MR) is 81.0 cm³/mol. The third-order valence-corrected chi connectivity index (χ3v) is 3.54. The summed E-state index contributed by atoms with van der Waals surface area (Å²) >= 11 is 0. The van der Waals surface area contributed by atoms with Gasteiger partial charge in [-0.15, -0.1) is 0 Å². The summed E-state index contributed by atoms with van der Waals surface area (Å²) in [6.45, 7) is 2.19. The van der Waals surface area contributed by atoms with E-state index in [0.29, 0.717) is 5.76 Å². The zero-order valence-electron chi connectivity index (χ0n) is 11.4. The Balaban J connectivity index is 2.21. The lowest BCUT2D eigenvalue weighted by Gasteiger charge is -2.09. The Morgan fingerprint density at radius 1 is 1.00 bits per heavy atom. The van der Waals surface area contributed by atoms with Crippen molar-refractivity contribution < 1.29 is 9.21 Å². The summed E-state index contributed by atoms with van der Waals surface area (Å²) in [5.74, 6) is 1.10. The molecule has 0 spiro atoms. The summed E-state index contributed by atoms with van der Waals surface area (Å²) in [6, 6.07) is 16.1. The Kier molecular flexibility index (Phi) is 3.38. The van der Waals surface area contributed by atoms with E-state index in [-0.39, 0.29) is 0 Å². The molecule has 3 aromatic rings. The molecule has 3 rings (SSSR count). The second kappa shape index (κ2) is 5.33. The van der Waals surface area contributed by atoms with Gasteiger partial charge in [-0.05, 0) is 34.9 Å². The first-order chi connectivity index (χ1) is 9.83. The Bertz CT molecular complexity index is 753. The minimum absolute atomic E-state index is 0.363. The lowest BCUT2D eigenvalue weighted by atomic mass is 9.96. The van der Waals surface area contributed by atoms with E-state index in [1.165, 1.54) is 16.3 Å². The Morgan fingerprint density at radius 3 is 2.50 bits per heavy atom. The molecule has 0 bridgehead atoms. The normalized spacial score (nSPS) is 10.8. The van der Waals surface area contributed by atoms with Crippen molar-refractivity contribution in [3.05, 3.63) is 59.9 Å². The lowest BCUT2D eigenvalue weighted by molar-refractivity contribution is 0.110. The van der Waals surface area contributed by atoms with E-state index in [1.54, 1.807) is 6.07 Å². The average molecular weight is 264 g/mol. The van der Waals surface area contributed by atoms with Gasteiger partial charge in [-0.25, -0.2) is 0 Å². The van der Waals surface area contributed by atoms with Crippen molar-refractivity contribution in [3.63, 3.8) is 0 Å². The van der Waals surface area contributed by atoms with Crippen molar-refractivity contribution in [1.82, 2.24) is 0 Å². The highest BCUT2D eigenvalue weighted by Gasteiger charge is 2.10. The summed E-state index contributed by atoms with van der Waals surface area (Å²) in [7, 11) is 0. The van der Waals surface area contributed by atoms with E-state index < -0.39 is 0 Å². The third-order valence-electron chi connectivity index (χ3n) is 3.54. The van der Waals surface area contributed by atoms with Crippen LogP contribution in [0.25, 0.3) is 22.1 Å². The molecule has 100 valence electrons. The van der Waals surface area contributed by atoms with E-state index in [0.717, 1.165) is 30.5 Å². The maximum atomic E-state index is 10.8. The van der Waals surface area contributed by atoms with Crippen LogP contribution in [-0.2, 0) is 6.42 Å². The van der Waals surface area contributed by atoms with Crippen LogP contribution in [0.2, 0.25) is 0 Å². The Hall–Kier alpha value is -2.35. The van der Waals surface area contributed by atoms with Gasteiger partial charge in [0, 0.05) is 5.56 Å². The molecule has 0 N–H and O–H groups in total. The van der Waals surface area contributed by atoms with E-state index in [2.05, 4.69) is 37.3 Å². The van der Waals surface area contributed by atoms with Gasteiger partial charge < -0.3 is 4.42 Å². The molecule has 0 aliphatic rings. The van der Waals surface area contributed by atoms with Crippen LogP contribution in [0.5, 0.6) is 0 Å². The molecule has 0 atom stereocenters. The second-order valence-corrected chi connectivity index (χ2v) is 4.89. The molecule has 0 saturated heterocycles. The van der Waals surface area contributed by atoms with Crippen LogP contribution < -0.4 is 0 Å². The van der Waals surface area contributed by atoms with Gasteiger partial charge in [0.2, 0.25) is 0 Å². The quantitative estimate of drug-likeness (QED) is 0.629. The lowest BCUT2D eigenvalue weighted by Crippen LogP contribution is -1.88. The van der Waals surface area contributed by atoms with Crippen LogP contribution in [0.4, 0.5) is 0 Å². The highest BCUT2D eigenvalue weighted by molar-refractivity contribution is 5.97. The van der Waals surface area contributed by atoms with E-state index in [9.17, 15) is 4.79 Å². The topological polar surface area (TPSA) is 30.2 Å². The summed E-state index contributed by atoms with van der Waals surface area (Å²) < 4.78 is 5.56. The highest BCUT2D eigenvalue weighted by atomic mass is 16.3. The van der Waals surface area contributed by atoms with Crippen molar-refractivity contribution >= 4 is 17.1 Å². The van der Waals surface area contributed by atoms with Crippen molar-refractivity contribution in [2.45, 2.75) is 19.8 Å². The number of carbonyl (C=O) groups excluding carboxylic acids is 1. The molecular weight excluding hydrogens is 248 g/mol. The van der Waals surface area contributed by atoms with E-state index >= 15 is 0 Å². The highest BCUT2D eigenvalue weighted by Crippen LogP contribution is 2.32. The molecule has 1 aromatic heterocycles. The maximum Gasteiger partial charge on any atom is 0.185 e. The SMILES string of the molecule is CCCc1ccc(-c2ccc(C=O)o2)c2ccccc12. The maximum absolute atomic E-state index is 10.8. The van der Waals surface area contributed by atoms with Gasteiger partial charge in [0.25, 0.3) is 0 Å². The molecule has 0 saturated carbocycles. The number of aldehydes is 1. The fraction of sp³-hybridized carbons (Fsp3) is 0.167. The van der Waals surface area contributed by atoms with E-state index in [4.69, 9.17) is 4.42 Å². The van der Waals surface area contributed by atoms with Gasteiger partial charge in [0.1, 0.15) is 5.76 Å². The zero-order valence-corrected chi connectivity index (χ0v) is 11.4. The van der Waals surface area contributed by atoms with E-state index in [1.807, 2.05) is 12.1 Å². The fourth-order valence-corrected chi connectivity index (χ4v) is 2.62. The largest absolute Gasteiger partial charge is 0.453 e. The Labute approximate surface area is 118 Å². The first-order valence-electron chi connectivity index (χ1n) is 6.89. The minimum atomic E-state index is 0.363. The summed E-state index contributed by atoms with van der Waals surface area (Å²) in [4.78, 5) is 10.8. The number of furan rings is 1. The predicted octanol–water partition coefficient (Wildman–Crippen LogP) is 4.86. The summed E-state index contributed by atoms with van der Waals surface area (Å²) in [6.07, 6.45) is 2.93. The first kappa shape index (κ1) is 12.7. The van der Waals surface area contributed by atoms with Gasteiger partial charge in [-0.3, -0.25) is 4.79 Å². The second-order valence-electron chi connectivity index (χ2n) is 4.89. The van der Waals surface area contributed by atoms with Crippen molar-refractivity contribution in [2.75, 3.05) is 0 Å². The van der Waals surface area contributed by atoms with Gasteiger partial charge >= 0.3 is 0 Å². The van der Waals surface area contributed by atoms with Crippen LogP contribution in [0.1, 0.15) is 29.5 Å². The van der Waals surface area contributed by atoms with Gasteiger partial charge in [-0.2, -0.15) is 0 Å². The van der Waals surface area contributed by atoms with Crippen molar-refractivity contribution in [1.29, 1.82) is 0 Å². The molecule has 20 heavy (non-hydrogen) atoms. The standard InChI is InChI=1S/C18H16O2/c1-2-5-13-8-10-17(16-7-4-3-6-15(13)16)18-11-9-14(12-19)20-18/h3-4,6-12H,2,5H2,1H3. The van der Waals surface area contributed by atoms with Crippen LogP contribution in [0.3, 0.4) is 0 Å². The molecule has 0 aliphatic heterocycles. The van der Waals surface area contributed by atoms with Crippen LogP contribution in [0, 0.1) is 0 Å². The molecule has 0 unspecified atom stereocenters. The van der Waals surface area contributed by atoms with Crippen molar-refractivity contribution in [2.24, 2.45) is 0 Å². The van der Waals surface area contributed by atoms with Crippen molar-refractivity contribution in [3.8, 4) is 11.3 Å². The number of benzene rings is 2. The van der Waals surface area contributed by atoms with Crippen LogP contribution in [0.15, 0.2) is 52.9 Å². The molecule has 0 amide bonds. The van der Waals surface area contributed by atoms with Gasteiger partial charge in [0.15, 0.2) is 12.0 Å². The van der Waals surface area contributed by atoms with Gasteiger partial charge in [-0.1, -0.05) is 49.7 Å². The number of hydrogen-bond acceptors (Lipinski definition) is 2. The number of aryl methyl sites for hydroxylation is 1. The molecule has 0 fully saturated rings. The molecular formula is C18H16O2. The molecule has 1 heterocycles. The zero-order chi connectivity index (χ0) is 13.9. The third kappa shape index (κ3) is 2.14. The number of rotatable bonds is 4. The monoisotopic (exact) mass is 264 g/mol. The number of fused-ring (bicyclic) bond motifs is 1. The minimum Gasteiger partial charge on any atom is -0.453 e. The average Bonchev–Trinajstić information content (AvgIpc) is 2.97. The smallest absolute Gasteiger partial charge is 0.185 e. The number of hydrogen-bond donors (Lipinski definition) is 0. The summed E-state index contributed by atoms with van der Waals surface area (Å²) in [5, 5.41) is 2.43. The number of carbonyl (C=O) groups is 1.